The maximum Gasteiger partial charge on any atom is 0.282 e. The highest BCUT2D eigenvalue weighted by molar-refractivity contribution is 7.04. The van der Waals surface area contributed by atoms with Crippen molar-refractivity contribution in [1.29, 1.82) is 5.26 Å². The number of nitriles is 1. The third kappa shape index (κ3) is 4.58. The van der Waals surface area contributed by atoms with E-state index in [1.54, 1.807) is 0 Å². The van der Waals surface area contributed by atoms with E-state index in [-0.39, 0.29) is 16.9 Å². The predicted molar refractivity (Wildman–Crippen MR) is 98.6 cm³/mol. The number of carbonyl (C=O) groups is 1. The van der Waals surface area contributed by atoms with Crippen LogP contribution >= 0.6 is 11.5 Å². The second kappa shape index (κ2) is 7.66. The van der Waals surface area contributed by atoms with E-state index in [0.29, 0.717) is 10.2 Å². The smallest absolute Gasteiger partial charge is 0.282 e. The van der Waals surface area contributed by atoms with Crippen LogP contribution in [0.4, 0.5) is 0 Å². The molecular formula is C19H23N3O2S. The average Bonchev–Trinajstić information content (AvgIpc) is 2.96. The van der Waals surface area contributed by atoms with E-state index in [4.69, 9.17) is 5.26 Å². The number of aromatic hydroxyl groups is 1. The maximum absolute atomic E-state index is 12.5. The number of phenols is 1. The Labute approximate surface area is 152 Å². The van der Waals surface area contributed by atoms with Gasteiger partial charge in [0.05, 0.1) is 17.2 Å². The number of nitrogens with zero attached hydrogens (tertiary/aromatic N) is 3. The van der Waals surface area contributed by atoms with E-state index in [2.05, 4.69) is 42.8 Å². The van der Waals surface area contributed by atoms with Gasteiger partial charge in [0.1, 0.15) is 10.4 Å². The number of phenolic OH excluding ortho intramolecular Hbond substituents is 1. The van der Waals surface area contributed by atoms with Gasteiger partial charge in [-0.2, -0.15) is 10.3 Å². The van der Waals surface area contributed by atoms with Crippen LogP contribution in [0.5, 0.6) is 5.75 Å². The molecule has 0 atom stereocenters. The Morgan fingerprint density at radius 2 is 2.12 bits per heavy atom. The fraction of sp³-hybridized carbons (Fsp3) is 0.421. The number of hydrogen-bond acceptors (Lipinski definition) is 4. The summed E-state index contributed by atoms with van der Waals surface area (Å²) in [6.07, 6.45) is 4.99. The van der Waals surface area contributed by atoms with Gasteiger partial charge in [0.25, 0.3) is 5.91 Å². The van der Waals surface area contributed by atoms with Crippen LogP contribution in [0.3, 0.4) is 0 Å². The molecule has 2 rings (SSSR count). The quantitative estimate of drug-likeness (QED) is 0.899. The van der Waals surface area contributed by atoms with Crippen molar-refractivity contribution in [3.8, 4) is 11.8 Å². The minimum absolute atomic E-state index is 0.0520. The monoisotopic (exact) mass is 357 g/mol. The van der Waals surface area contributed by atoms with E-state index in [9.17, 15) is 9.90 Å². The first-order valence-electron chi connectivity index (χ1n) is 8.30. The SMILES string of the molecule is CCCCc1cn(C(C)(C)C)sc1=NC(=O)c1cc(C#N)ccc1O. The number of aromatic nitrogens is 1. The molecule has 25 heavy (non-hydrogen) atoms. The Morgan fingerprint density at radius 1 is 1.40 bits per heavy atom. The van der Waals surface area contributed by atoms with Crippen LogP contribution in [0.15, 0.2) is 29.4 Å². The van der Waals surface area contributed by atoms with Crippen molar-refractivity contribution in [2.75, 3.05) is 0 Å². The standard InChI is InChI=1S/C19H23N3O2S/c1-5-6-7-14-12-22(19(2,3)4)25-18(14)21-17(24)15-10-13(11-20)8-9-16(15)23/h8-10,12,23H,5-7H2,1-4H3. The van der Waals surface area contributed by atoms with Gasteiger partial charge >= 0.3 is 0 Å². The molecular weight excluding hydrogens is 334 g/mol. The van der Waals surface area contributed by atoms with Gasteiger partial charge in [-0.1, -0.05) is 13.3 Å². The highest BCUT2D eigenvalue weighted by Crippen LogP contribution is 2.20. The summed E-state index contributed by atoms with van der Waals surface area (Å²) in [4.78, 5) is 16.8. The molecule has 1 amide bonds. The zero-order valence-electron chi connectivity index (χ0n) is 15.0. The molecule has 0 spiro atoms. The van der Waals surface area contributed by atoms with Gasteiger partial charge in [0.15, 0.2) is 0 Å². The molecule has 0 aliphatic carbocycles. The van der Waals surface area contributed by atoms with Crippen LogP contribution in [-0.2, 0) is 12.0 Å². The second-order valence-electron chi connectivity index (χ2n) is 6.91. The third-order valence-corrected chi connectivity index (χ3v) is 5.13. The molecule has 1 aromatic heterocycles. The molecule has 5 nitrogen and oxygen atoms in total. The summed E-state index contributed by atoms with van der Waals surface area (Å²) in [6, 6.07) is 6.16. The second-order valence-corrected chi connectivity index (χ2v) is 7.87. The summed E-state index contributed by atoms with van der Waals surface area (Å²) >= 11 is 1.44. The number of carbonyl (C=O) groups excluding carboxylic acids is 1. The van der Waals surface area contributed by atoms with E-state index < -0.39 is 5.91 Å². The molecule has 0 saturated carbocycles. The Hall–Kier alpha value is -2.39. The van der Waals surface area contributed by atoms with E-state index in [1.807, 2.05) is 6.07 Å². The molecule has 0 radical (unpaired) electrons. The zero-order chi connectivity index (χ0) is 18.6. The Bertz CT molecular complexity index is 879. The lowest BCUT2D eigenvalue weighted by atomic mass is 10.1. The summed E-state index contributed by atoms with van der Waals surface area (Å²) < 4.78 is 2.76. The largest absolute Gasteiger partial charge is 0.507 e. The van der Waals surface area contributed by atoms with Crippen LogP contribution < -0.4 is 4.67 Å². The average molecular weight is 357 g/mol. The normalized spacial score (nSPS) is 12.2. The van der Waals surface area contributed by atoms with Gasteiger partial charge in [-0.15, -0.1) is 0 Å². The fourth-order valence-corrected chi connectivity index (χ4v) is 3.30. The Morgan fingerprint density at radius 3 is 2.72 bits per heavy atom. The van der Waals surface area contributed by atoms with Gasteiger partial charge < -0.3 is 5.11 Å². The van der Waals surface area contributed by atoms with Crippen LogP contribution in [0.2, 0.25) is 0 Å². The lowest BCUT2D eigenvalue weighted by Crippen LogP contribution is -2.18. The van der Waals surface area contributed by atoms with Gasteiger partial charge in [-0.05, 0) is 63.3 Å². The van der Waals surface area contributed by atoms with Crippen molar-refractivity contribution >= 4 is 17.4 Å². The minimum Gasteiger partial charge on any atom is -0.507 e. The van der Waals surface area contributed by atoms with Crippen molar-refractivity contribution < 1.29 is 9.90 Å². The molecule has 0 bridgehead atoms. The summed E-state index contributed by atoms with van der Waals surface area (Å²) in [5.74, 6) is -0.696. The Kier molecular flexibility index (Phi) is 5.81. The van der Waals surface area contributed by atoms with Crippen LogP contribution in [-0.4, -0.2) is 15.0 Å². The zero-order valence-corrected chi connectivity index (χ0v) is 15.9. The molecule has 0 unspecified atom stereocenters. The first-order chi connectivity index (χ1) is 11.8. The summed E-state index contributed by atoms with van der Waals surface area (Å²) in [5.41, 5.74) is 1.31. The lowest BCUT2D eigenvalue weighted by molar-refractivity contribution is 0.0996. The van der Waals surface area contributed by atoms with Crippen molar-refractivity contribution in [2.24, 2.45) is 4.99 Å². The van der Waals surface area contributed by atoms with Gasteiger partial charge in [0.2, 0.25) is 0 Å². The summed E-state index contributed by atoms with van der Waals surface area (Å²) in [5, 5.41) is 18.9. The number of hydrogen-bond donors (Lipinski definition) is 1. The molecule has 0 aliphatic rings. The predicted octanol–water partition coefficient (Wildman–Crippen LogP) is 3.97. The third-order valence-electron chi connectivity index (χ3n) is 3.75. The van der Waals surface area contributed by atoms with E-state index in [0.717, 1.165) is 24.8 Å². The number of aryl methyl sites for hydroxylation is 1. The number of benzene rings is 1. The summed E-state index contributed by atoms with van der Waals surface area (Å²) in [7, 11) is 0. The van der Waals surface area contributed by atoms with Gasteiger partial charge in [-0.25, -0.2) is 0 Å². The highest BCUT2D eigenvalue weighted by Gasteiger charge is 2.17. The van der Waals surface area contributed by atoms with Crippen molar-refractivity contribution in [3.05, 3.63) is 45.8 Å². The highest BCUT2D eigenvalue weighted by atomic mass is 32.1. The van der Waals surface area contributed by atoms with E-state index in [1.165, 1.54) is 29.7 Å². The molecule has 0 aliphatic heterocycles. The minimum atomic E-state index is -0.532. The summed E-state index contributed by atoms with van der Waals surface area (Å²) in [6.45, 7) is 8.42. The van der Waals surface area contributed by atoms with Crippen LogP contribution in [0, 0.1) is 11.3 Å². The first-order valence-corrected chi connectivity index (χ1v) is 9.08. The van der Waals surface area contributed by atoms with Gasteiger partial charge in [-0.3, -0.25) is 8.75 Å². The number of amides is 1. The number of rotatable bonds is 4. The van der Waals surface area contributed by atoms with Crippen molar-refractivity contribution in [1.82, 2.24) is 3.96 Å². The molecule has 1 aromatic carbocycles. The van der Waals surface area contributed by atoms with E-state index >= 15 is 0 Å². The first kappa shape index (κ1) is 18.9. The topological polar surface area (TPSA) is 78.4 Å². The maximum atomic E-state index is 12.5. The fourth-order valence-electron chi connectivity index (χ4n) is 2.27. The lowest BCUT2D eigenvalue weighted by Gasteiger charge is -2.19. The molecule has 6 heteroatoms. The van der Waals surface area contributed by atoms with Crippen LogP contribution in [0.1, 0.15) is 62.0 Å². The molecule has 0 saturated heterocycles. The van der Waals surface area contributed by atoms with Crippen molar-refractivity contribution in [2.45, 2.75) is 52.5 Å². The molecule has 132 valence electrons. The molecule has 1 N–H and O–H groups in total. The van der Waals surface area contributed by atoms with Crippen molar-refractivity contribution in [3.63, 3.8) is 0 Å². The molecule has 2 aromatic rings. The van der Waals surface area contributed by atoms with Crippen LogP contribution in [0.25, 0.3) is 0 Å². The molecule has 0 fully saturated rings. The van der Waals surface area contributed by atoms with Gasteiger partial charge in [0, 0.05) is 17.3 Å². The molecule has 1 heterocycles. The number of unbranched alkanes of at least 4 members (excludes halogenated alkanes) is 1. The Balaban J connectivity index is 2.50.